The minimum absolute atomic E-state index is 0.247. The molecule has 0 radical (unpaired) electrons. The van der Waals surface area contributed by atoms with Crippen molar-refractivity contribution >= 4 is 0 Å². The van der Waals surface area contributed by atoms with E-state index in [1.165, 1.54) is 11.6 Å². The number of ether oxygens (including phenoxy) is 1. The molecule has 1 N–H and O–H groups in total. The highest BCUT2D eigenvalue weighted by molar-refractivity contribution is 5.33. The molecule has 0 aromatic heterocycles. The van der Waals surface area contributed by atoms with Gasteiger partial charge in [-0.15, -0.1) is 0 Å². The maximum atomic E-state index is 13.4. The quantitative estimate of drug-likeness (QED) is 0.866. The highest BCUT2D eigenvalue weighted by atomic mass is 19.1. The van der Waals surface area contributed by atoms with E-state index in [9.17, 15) is 4.39 Å². The molecule has 0 fully saturated rings. The predicted octanol–water partition coefficient (Wildman–Crippen LogP) is 3.73. The van der Waals surface area contributed by atoms with Crippen LogP contribution in [0, 0.1) is 5.82 Å². The van der Waals surface area contributed by atoms with E-state index in [2.05, 4.69) is 12.2 Å². The van der Waals surface area contributed by atoms with Crippen LogP contribution >= 0.6 is 0 Å². The minimum atomic E-state index is -0.353. The molecule has 0 amide bonds. The van der Waals surface area contributed by atoms with Crippen molar-refractivity contribution in [3.05, 3.63) is 59.9 Å². The molecule has 0 aliphatic heterocycles. The molecule has 3 heteroatoms. The highest BCUT2D eigenvalue weighted by Crippen LogP contribution is 2.24. The Morgan fingerprint density at radius 1 is 1.06 bits per heavy atom. The van der Waals surface area contributed by atoms with Gasteiger partial charge < -0.3 is 10.1 Å². The predicted molar refractivity (Wildman–Crippen MR) is 70.3 cm³/mol. The largest absolute Gasteiger partial charge is 0.454 e. The van der Waals surface area contributed by atoms with Crippen molar-refractivity contribution in [3.63, 3.8) is 0 Å². The normalized spacial score (nSPS) is 10.3. The van der Waals surface area contributed by atoms with Crippen LogP contribution in [0.1, 0.15) is 12.5 Å². The lowest BCUT2D eigenvalue weighted by molar-refractivity contribution is 0.442. The SMILES string of the molecule is CCNCc1ccc(Oc2ccccc2F)cc1. The Hall–Kier alpha value is -1.87. The van der Waals surface area contributed by atoms with Gasteiger partial charge in [-0.2, -0.15) is 0 Å². The van der Waals surface area contributed by atoms with Gasteiger partial charge in [-0.3, -0.25) is 0 Å². The Kier molecular flexibility index (Phi) is 4.31. The van der Waals surface area contributed by atoms with Crippen molar-refractivity contribution in [2.24, 2.45) is 0 Å². The van der Waals surface area contributed by atoms with E-state index in [-0.39, 0.29) is 11.6 Å². The van der Waals surface area contributed by atoms with E-state index in [0.717, 1.165) is 13.1 Å². The zero-order valence-electron chi connectivity index (χ0n) is 10.3. The Balaban J connectivity index is 2.04. The van der Waals surface area contributed by atoms with Gasteiger partial charge in [0.25, 0.3) is 0 Å². The van der Waals surface area contributed by atoms with E-state index in [4.69, 9.17) is 4.74 Å². The molecule has 0 aliphatic rings. The summed E-state index contributed by atoms with van der Waals surface area (Å²) in [5, 5.41) is 3.24. The fourth-order valence-corrected chi connectivity index (χ4v) is 1.60. The fourth-order valence-electron chi connectivity index (χ4n) is 1.60. The number of benzene rings is 2. The second-order valence-electron chi connectivity index (χ2n) is 3.96. The van der Waals surface area contributed by atoms with Crippen LogP contribution in [-0.2, 0) is 6.54 Å². The second-order valence-corrected chi connectivity index (χ2v) is 3.96. The Labute approximate surface area is 106 Å². The maximum absolute atomic E-state index is 13.4. The number of hydrogen-bond acceptors (Lipinski definition) is 2. The lowest BCUT2D eigenvalue weighted by atomic mass is 10.2. The molecule has 0 saturated heterocycles. The average Bonchev–Trinajstić information content (AvgIpc) is 2.41. The van der Waals surface area contributed by atoms with Gasteiger partial charge in [0.05, 0.1) is 0 Å². The van der Waals surface area contributed by atoms with Crippen molar-refractivity contribution in [2.75, 3.05) is 6.54 Å². The third kappa shape index (κ3) is 3.31. The van der Waals surface area contributed by atoms with Crippen molar-refractivity contribution in [2.45, 2.75) is 13.5 Å². The van der Waals surface area contributed by atoms with Gasteiger partial charge >= 0.3 is 0 Å². The summed E-state index contributed by atoms with van der Waals surface area (Å²) in [4.78, 5) is 0. The van der Waals surface area contributed by atoms with Crippen LogP contribution in [0.4, 0.5) is 4.39 Å². The molecule has 0 atom stereocenters. The monoisotopic (exact) mass is 245 g/mol. The van der Waals surface area contributed by atoms with Crippen molar-refractivity contribution in [1.82, 2.24) is 5.32 Å². The number of halogens is 1. The second kappa shape index (κ2) is 6.17. The molecule has 2 aromatic carbocycles. The summed E-state index contributed by atoms with van der Waals surface area (Å²) in [5.74, 6) is 0.534. The van der Waals surface area contributed by atoms with Crippen LogP contribution in [0.25, 0.3) is 0 Å². The van der Waals surface area contributed by atoms with Crippen LogP contribution in [0.2, 0.25) is 0 Å². The van der Waals surface area contributed by atoms with E-state index in [1.54, 1.807) is 18.2 Å². The van der Waals surface area contributed by atoms with Crippen molar-refractivity contribution in [3.8, 4) is 11.5 Å². The number of nitrogens with one attached hydrogen (secondary N) is 1. The number of rotatable bonds is 5. The zero-order chi connectivity index (χ0) is 12.8. The summed E-state index contributed by atoms with van der Waals surface area (Å²) in [6, 6.07) is 14.0. The van der Waals surface area contributed by atoms with Crippen molar-refractivity contribution < 1.29 is 9.13 Å². The molecule has 0 unspecified atom stereocenters. The smallest absolute Gasteiger partial charge is 0.165 e. The summed E-state index contributed by atoms with van der Waals surface area (Å²) in [5.41, 5.74) is 1.18. The van der Waals surface area contributed by atoms with Gasteiger partial charge in [0.2, 0.25) is 0 Å². The molecule has 0 aliphatic carbocycles. The molecular formula is C15H16FNO. The molecular weight excluding hydrogens is 229 g/mol. The van der Waals surface area contributed by atoms with Gasteiger partial charge in [0, 0.05) is 6.54 Å². The summed E-state index contributed by atoms with van der Waals surface area (Å²) in [6.07, 6.45) is 0. The molecule has 0 heterocycles. The lowest BCUT2D eigenvalue weighted by Gasteiger charge is -2.07. The first-order valence-corrected chi connectivity index (χ1v) is 6.01. The Morgan fingerprint density at radius 2 is 1.78 bits per heavy atom. The maximum Gasteiger partial charge on any atom is 0.165 e. The molecule has 2 aromatic rings. The first-order valence-electron chi connectivity index (χ1n) is 6.01. The zero-order valence-corrected chi connectivity index (χ0v) is 10.3. The third-order valence-corrected chi connectivity index (χ3v) is 2.57. The summed E-state index contributed by atoms with van der Waals surface area (Å²) in [7, 11) is 0. The molecule has 2 nitrogen and oxygen atoms in total. The molecule has 0 saturated carbocycles. The number of hydrogen-bond donors (Lipinski definition) is 1. The molecule has 0 spiro atoms. The standard InChI is InChI=1S/C15H16FNO/c1-2-17-11-12-7-9-13(10-8-12)18-15-6-4-3-5-14(15)16/h3-10,17H,2,11H2,1H3. The molecule has 94 valence electrons. The van der Waals surface area contributed by atoms with Gasteiger partial charge in [0.15, 0.2) is 11.6 Å². The molecule has 2 rings (SSSR count). The van der Waals surface area contributed by atoms with Crippen LogP contribution in [0.5, 0.6) is 11.5 Å². The van der Waals surface area contributed by atoms with E-state index < -0.39 is 0 Å². The molecule has 0 bridgehead atoms. The van der Waals surface area contributed by atoms with Crippen LogP contribution in [0.15, 0.2) is 48.5 Å². The van der Waals surface area contributed by atoms with Gasteiger partial charge in [0.1, 0.15) is 5.75 Å². The van der Waals surface area contributed by atoms with Gasteiger partial charge in [-0.1, -0.05) is 31.2 Å². The van der Waals surface area contributed by atoms with Crippen LogP contribution in [-0.4, -0.2) is 6.54 Å². The number of para-hydroxylation sites is 1. The Morgan fingerprint density at radius 3 is 2.44 bits per heavy atom. The average molecular weight is 245 g/mol. The van der Waals surface area contributed by atoms with Crippen LogP contribution in [0.3, 0.4) is 0 Å². The van der Waals surface area contributed by atoms with Crippen molar-refractivity contribution in [1.29, 1.82) is 0 Å². The Bertz CT molecular complexity index is 496. The van der Waals surface area contributed by atoms with E-state index in [0.29, 0.717) is 5.75 Å². The summed E-state index contributed by atoms with van der Waals surface area (Å²) < 4.78 is 18.9. The summed E-state index contributed by atoms with van der Waals surface area (Å²) >= 11 is 0. The third-order valence-electron chi connectivity index (χ3n) is 2.57. The van der Waals surface area contributed by atoms with Gasteiger partial charge in [-0.25, -0.2) is 4.39 Å². The van der Waals surface area contributed by atoms with E-state index >= 15 is 0 Å². The first kappa shape index (κ1) is 12.6. The highest BCUT2D eigenvalue weighted by Gasteiger charge is 2.03. The van der Waals surface area contributed by atoms with Gasteiger partial charge in [-0.05, 0) is 36.4 Å². The molecule has 18 heavy (non-hydrogen) atoms. The minimum Gasteiger partial charge on any atom is -0.454 e. The lowest BCUT2D eigenvalue weighted by Crippen LogP contribution is -2.11. The van der Waals surface area contributed by atoms with Crippen LogP contribution < -0.4 is 10.1 Å². The van der Waals surface area contributed by atoms with E-state index in [1.807, 2.05) is 24.3 Å². The summed E-state index contributed by atoms with van der Waals surface area (Å²) in [6.45, 7) is 3.83. The topological polar surface area (TPSA) is 21.3 Å². The first-order chi connectivity index (χ1) is 8.79. The fraction of sp³-hybridized carbons (Fsp3) is 0.200.